The van der Waals surface area contributed by atoms with Crippen molar-refractivity contribution in [1.82, 2.24) is 15.2 Å². The number of carbonyl (C=O) groups is 2. The van der Waals surface area contributed by atoms with E-state index in [4.69, 9.17) is 0 Å². The van der Waals surface area contributed by atoms with Gasteiger partial charge in [0.15, 0.2) is 0 Å². The zero-order valence-electron chi connectivity index (χ0n) is 13.1. The summed E-state index contributed by atoms with van der Waals surface area (Å²) < 4.78 is 0. The highest BCUT2D eigenvalue weighted by Gasteiger charge is 2.26. The van der Waals surface area contributed by atoms with Crippen molar-refractivity contribution in [2.75, 3.05) is 25.5 Å². The Morgan fingerprint density at radius 2 is 1.91 bits per heavy atom. The molecule has 1 aliphatic heterocycles. The molecule has 0 atom stereocenters. The predicted molar refractivity (Wildman–Crippen MR) is 89.1 cm³/mol. The summed E-state index contributed by atoms with van der Waals surface area (Å²) in [5, 5.41) is 6.60. The molecular weight excluding hydrogens is 292 g/mol. The van der Waals surface area contributed by atoms with Gasteiger partial charge in [0, 0.05) is 37.6 Å². The van der Waals surface area contributed by atoms with E-state index in [9.17, 15) is 9.59 Å². The fraction of sp³-hybridized carbons (Fsp3) is 0.353. The summed E-state index contributed by atoms with van der Waals surface area (Å²) in [4.78, 5) is 30.2. The lowest BCUT2D eigenvalue weighted by Gasteiger charge is -2.31. The number of carbonyl (C=O) groups excluding carboxylic acids is 2. The minimum absolute atomic E-state index is 0.00303. The number of urea groups is 1. The molecule has 6 nitrogen and oxygen atoms in total. The van der Waals surface area contributed by atoms with Crippen molar-refractivity contribution in [3.8, 4) is 0 Å². The zero-order valence-corrected chi connectivity index (χ0v) is 13.1. The largest absolute Gasteiger partial charge is 0.359 e. The first-order valence-electron chi connectivity index (χ1n) is 7.80. The molecule has 0 spiro atoms. The summed E-state index contributed by atoms with van der Waals surface area (Å²) in [5.41, 5.74) is 1.49. The van der Waals surface area contributed by atoms with E-state index in [0.29, 0.717) is 31.6 Å². The number of para-hydroxylation sites is 1. The first-order chi connectivity index (χ1) is 11.2. The average molecular weight is 312 g/mol. The van der Waals surface area contributed by atoms with Crippen LogP contribution >= 0.6 is 0 Å². The maximum absolute atomic E-state index is 12.4. The third kappa shape index (κ3) is 3.26. The van der Waals surface area contributed by atoms with Crippen LogP contribution in [0.15, 0.2) is 36.5 Å². The fourth-order valence-corrected chi connectivity index (χ4v) is 2.95. The van der Waals surface area contributed by atoms with Crippen LogP contribution < -0.4 is 10.6 Å². The van der Waals surface area contributed by atoms with Gasteiger partial charge in [-0.1, -0.05) is 18.2 Å². The fourth-order valence-electron chi connectivity index (χ4n) is 2.95. The van der Waals surface area contributed by atoms with Crippen LogP contribution in [0.25, 0.3) is 10.9 Å². The minimum Gasteiger partial charge on any atom is -0.359 e. The van der Waals surface area contributed by atoms with Gasteiger partial charge in [0.25, 0.3) is 0 Å². The van der Waals surface area contributed by atoms with Gasteiger partial charge in [-0.25, -0.2) is 4.79 Å². The summed E-state index contributed by atoms with van der Waals surface area (Å²) in [6, 6.07) is 9.41. The van der Waals surface area contributed by atoms with Crippen molar-refractivity contribution in [2.45, 2.75) is 12.8 Å². The Labute approximate surface area is 134 Å². The van der Waals surface area contributed by atoms with Gasteiger partial charge in [0.1, 0.15) is 0 Å². The van der Waals surface area contributed by atoms with Gasteiger partial charge in [-0.2, -0.15) is 0 Å². The van der Waals surface area contributed by atoms with Crippen LogP contribution in [0, 0.1) is 5.92 Å². The topological polar surface area (TPSA) is 74.3 Å². The van der Waals surface area contributed by atoms with Gasteiger partial charge in [0.2, 0.25) is 5.91 Å². The number of fused-ring (bicyclic) bond motifs is 1. The molecule has 1 aliphatic rings. The van der Waals surface area contributed by atoms with Gasteiger partial charge in [-0.05, 0) is 25.0 Å². The highest BCUT2D eigenvalue weighted by Crippen LogP contribution is 2.22. The van der Waals surface area contributed by atoms with Crippen molar-refractivity contribution in [3.05, 3.63) is 36.5 Å². The Morgan fingerprint density at radius 3 is 2.65 bits per heavy atom. The summed E-state index contributed by atoms with van der Waals surface area (Å²) in [7, 11) is 1.65. The molecule has 120 valence electrons. The number of nitrogens with zero attached hydrogens (tertiary/aromatic N) is 2. The Morgan fingerprint density at radius 1 is 1.17 bits per heavy atom. The molecule has 23 heavy (non-hydrogen) atoms. The Bertz CT molecular complexity index is 718. The van der Waals surface area contributed by atoms with Crippen LogP contribution in [0.5, 0.6) is 0 Å². The summed E-state index contributed by atoms with van der Waals surface area (Å²) in [6.45, 7) is 1.17. The van der Waals surface area contributed by atoms with Gasteiger partial charge < -0.3 is 15.5 Å². The molecule has 1 fully saturated rings. The Balaban J connectivity index is 1.67. The number of hydrogen-bond acceptors (Lipinski definition) is 3. The lowest BCUT2D eigenvalue weighted by molar-refractivity contribution is -0.125. The molecule has 0 unspecified atom stereocenters. The molecule has 2 heterocycles. The molecule has 0 bridgehead atoms. The summed E-state index contributed by atoms with van der Waals surface area (Å²) in [6.07, 6.45) is 3.11. The minimum atomic E-state index is -0.140. The lowest BCUT2D eigenvalue weighted by Crippen LogP contribution is -2.44. The van der Waals surface area contributed by atoms with Crippen LogP contribution in [-0.2, 0) is 4.79 Å². The molecule has 0 aliphatic carbocycles. The smallest absolute Gasteiger partial charge is 0.321 e. The number of hydrogen-bond donors (Lipinski definition) is 2. The number of benzene rings is 1. The number of amides is 3. The predicted octanol–water partition coefficient (Wildman–Crippen LogP) is 2.22. The molecule has 2 N–H and O–H groups in total. The maximum Gasteiger partial charge on any atom is 0.321 e. The second-order valence-corrected chi connectivity index (χ2v) is 5.69. The van der Waals surface area contributed by atoms with E-state index in [-0.39, 0.29) is 17.9 Å². The zero-order chi connectivity index (χ0) is 16.2. The van der Waals surface area contributed by atoms with Crippen LogP contribution in [0.1, 0.15) is 12.8 Å². The standard InChI is InChI=1S/C17H20N4O2/c1-18-16(22)13-7-10-21(11-8-13)17(23)20-14-6-2-4-12-5-3-9-19-15(12)14/h2-6,9,13H,7-8,10-11H2,1H3,(H,18,22)(H,20,23). The lowest BCUT2D eigenvalue weighted by atomic mass is 9.96. The van der Waals surface area contributed by atoms with Crippen LogP contribution in [0.3, 0.4) is 0 Å². The second kappa shape index (κ2) is 6.64. The molecule has 1 saturated heterocycles. The highest BCUT2D eigenvalue weighted by molar-refractivity contribution is 5.99. The van der Waals surface area contributed by atoms with Crippen LogP contribution in [0.4, 0.5) is 10.5 Å². The maximum atomic E-state index is 12.4. The summed E-state index contributed by atoms with van der Waals surface area (Å²) >= 11 is 0. The molecule has 6 heteroatoms. The monoisotopic (exact) mass is 312 g/mol. The van der Waals surface area contributed by atoms with Crippen LogP contribution in [0.2, 0.25) is 0 Å². The number of rotatable bonds is 2. The average Bonchev–Trinajstić information content (AvgIpc) is 2.61. The first-order valence-corrected chi connectivity index (χ1v) is 7.80. The number of anilines is 1. The van der Waals surface area contributed by atoms with E-state index >= 15 is 0 Å². The van der Waals surface area contributed by atoms with E-state index in [2.05, 4.69) is 15.6 Å². The second-order valence-electron chi connectivity index (χ2n) is 5.69. The Kier molecular flexibility index (Phi) is 4.41. The van der Waals surface area contributed by atoms with Gasteiger partial charge in [-0.15, -0.1) is 0 Å². The van der Waals surface area contributed by atoms with Crippen molar-refractivity contribution in [3.63, 3.8) is 0 Å². The van der Waals surface area contributed by atoms with Gasteiger partial charge in [0.05, 0.1) is 11.2 Å². The van der Waals surface area contributed by atoms with Crippen molar-refractivity contribution in [1.29, 1.82) is 0 Å². The van der Waals surface area contributed by atoms with E-state index < -0.39 is 0 Å². The molecule has 3 rings (SSSR count). The normalized spacial score (nSPS) is 15.4. The van der Waals surface area contributed by atoms with Crippen LogP contribution in [-0.4, -0.2) is 42.0 Å². The SMILES string of the molecule is CNC(=O)C1CCN(C(=O)Nc2cccc3cccnc23)CC1. The van der Waals surface area contributed by atoms with E-state index in [1.165, 1.54) is 0 Å². The molecular formula is C17H20N4O2. The van der Waals surface area contributed by atoms with E-state index in [1.807, 2.05) is 30.3 Å². The molecule has 0 radical (unpaired) electrons. The molecule has 1 aromatic heterocycles. The Hall–Kier alpha value is -2.63. The number of pyridine rings is 1. The van der Waals surface area contributed by atoms with E-state index in [0.717, 1.165) is 10.9 Å². The van der Waals surface area contributed by atoms with Crippen molar-refractivity contribution >= 4 is 28.5 Å². The number of piperidine rings is 1. The van der Waals surface area contributed by atoms with E-state index in [1.54, 1.807) is 18.1 Å². The van der Waals surface area contributed by atoms with Crippen molar-refractivity contribution in [2.24, 2.45) is 5.92 Å². The quantitative estimate of drug-likeness (QED) is 0.893. The van der Waals surface area contributed by atoms with Crippen molar-refractivity contribution < 1.29 is 9.59 Å². The number of likely N-dealkylation sites (tertiary alicyclic amines) is 1. The molecule has 1 aromatic carbocycles. The third-order valence-corrected chi connectivity index (χ3v) is 4.27. The molecule has 3 amide bonds. The third-order valence-electron chi connectivity index (χ3n) is 4.27. The van der Waals surface area contributed by atoms with Gasteiger partial charge in [-0.3, -0.25) is 9.78 Å². The molecule has 0 saturated carbocycles. The molecule has 2 aromatic rings. The highest BCUT2D eigenvalue weighted by atomic mass is 16.2. The number of nitrogens with one attached hydrogen (secondary N) is 2. The number of aromatic nitrogens is 1. The summed E-state index contributed by atoms with van der Waals surface area (Å²) in [5.74, 6) is 0.0617. The first kappa shape index (κ1) is 15.3. The van der Waals surface area contributed by atoms with Gasteiger partial charge >= 0.3 is 6.03 Å².